The van der Waals surface area contributed by atoms with Gasteiger partial charge >= 0.3 is 5.69 Å². The molecule has 0 aliphatic heterocycles. The molecule has 25 heavy (non-hydrogen) atoms. The van der Waals surface area contributed by atoms with Gasteiger partial charge in [0.05, 0.1) is 4.92 Å². The van der Waals surface area contributed by atoms with Crippen LogP contribution in [0.15, 0.2) is 18.2 Å². The molecular weight excluding hydrogens is 317 g/mol. The molecule has 2 fully saturated rings. The largest absolute Gasteiger partial charge is 0.304 e. The third kappa shape index (κ3) is 4.39. The van der Waals surface area contributed by atoms with Crippen molar-refractivity contribution in [3.8, 4) is 0 Å². The molecule has 0 aromatic heterocycles. The third-order valence-electron chi connectivity index (χ3n) is 6.67. The van der Waals surface area contributed by atoms with Crippen LogP contribution in [-0.4, -0.2) is 4.92 Å². The molecule has 1 aromatic carbocycles. The van der Waals surface area contributed by atoms with E-state index in [1.165, 1.54) is 63.5 Å². The zero-order valence-electron chi connectivity index (χ0n) is 15.3. The van der Waals surface area contributed by atoms with Gasteiger partial charge in [0.25, 0.3) is 0 Å². The Labute approximate surface area is 150 Å². The van der Waals surface area contributed by atoms with E-state index in [-0.39, 0.29) is 0 Å². The first kappa shape index (κ1) is 18.3. The minimum Gasteiger partial charge on any atom is -0.258 e. The van der Waals surface area contributed by atoms with E-state index in [2.05, 4.69) is 6.92 Å². The lowest BCUT2D eigenvalue weighted by Crippen LogP contribution is -2.25. The fourth-order valence-corrected chi connectivity index (χ4v) is 5.21. The molecule has 2 saturated carbocycles. The Morgan fingerprint density at radius 1 is 1.04 bits per heavy atom. The second-order valence-electron chi connectivity index (χ2n) is 8.15. The van der Waals surface area contributed by atoms with Gasteiger partial charge in [-0.25, -0.2) is 0 Å². The highest BCUT2D eigenvalue weighted by atomic mass is 19.1. The summed E-state index contributed by atoms with van der Waals surface area (Å²) < 4.78 is 13.9. The maximum absolute atomic E-state index is 13.9. The summed E-state index contributed by atoms with van der Waals surface area (Å²) >= 11 is 0. The van der Waals surface area contributed by atoms with E-state index in [4.69, 9.17) is 0 Å². The van der Waals surface area contributed by atoms with Crippen LogP contribution in [0, 0.1) is 33.7 Å². The zero-order valence-corrected chi connectivity index (χ0v) is 15.3. The molecule has 2 aliphatic carbocycles. The van der Waals surface area contributed by atoms with E-state index >= 15 is 0 Å². The predicted molar refractivity (Wildman–Crippen MR) is 98.1 cm³/mol. The lowest BCUT2D eigenvalue weighted by molar-refractivity contribution is -0.387. The Kier molecular flexibility index (Phi) is 6.08. The first-order chi connectivity index (χ1) is 12.1. The maximum atomic E-state index is 13.9. The van der Waals surface area contributed by atoms with Gasteiger partial charge in [-0.1, -0.05) is 38.7 Å². The molecule has 0 radical (unpaired) electrons. The molecule has 2 aliphatic rings. The van der Waals surface area contributed by atoms with Crippen molar-refractivity contribution in [2.45, 2.75) is 77.0 Å². The van der Waals surface area contributed by atoms with Crippen molar-refractivity contribution in [3.05, 3.63) is 39.7 Å². The molecule has 3 nitrogen and oxygen atoms in total. The van der Waals surface area contributed by atoms with Crippen LogP contribution in [0.1, 0.15) is 82.6 Å². The molecule has 0 heterocycles. The number of nitro groups is 1. The smallest absolute Gasteiger partial charge is 0.258 e. The average Bonchev–Trinajstić information content (AvgIpc) is 2.62. The summed E-state index contributed by atoms with van der Waals surface area (Å²) in [6, 6.07) is 4.47. The van der Waals surface area contributed by atoms with Crippen LogP contribution in [0.25, 0.3) is 0 Å². The molecule has 0 atom stereocenters. The highest BCUT2D eigenvalue weighted by Gasteiger charge is 2.31. The molecule has 0 bridgehead atoms. The summed E-state index contributed by atoms with van der Waals surface area (Å²) in [7, 11) is 0. The number of nitro benzene ring substituents is 1. The zero-order chi connectivity index (χ0) is 17.8. The Morgan fingerprint density at radius 3 is 2.16 bits per heavy atom. The van der Waals surface area contributed by atoms with Crippen molar-refractivity contribution >= 4 is 5.69 Å². The molecule has 4 heteroatoms. The van der Waals surface area contributed by atoms with Gasteiger partial charge in [-0.2, -0.15) is 4.39 Å². The van der Waals surface area contributed by atoms with Crippen molar-refractivity contribution in [1.29, 1.82) is 0 Å². The quantitative estimate of drug-likeness (QED) is 0.444. The molecular formula is C21H30FNO2. The Bertz CT molecular complexity index is 588. The number of rotatable bonds is 5. The van der Waals surface area contributed by atoms with Crippen LogP contribution in [0.4, 0.5) is 10.1 Å². The SMILES string of the molecule is CCCC1CCC(C2CCC(c3ccc([N+](=O)[O-])c(F)c3)CC2)CC1. The summed E-state index contributed by atoms with van der Waals surface area (Å²) in [6.07, 6.45) is 13.0. The highest BCUT2D eigenvalue weighted by Crippen LogP contribution is 2.44. The van der Waals surface area contributed by atoms with Crippen LogP contribution < -0.4 is 0 Å². The summed E-state index contributed by atoms with van der Waals surface area (Å²) in [5.74, 6) is 2.35. The van der Waals surface area contributed by atoms with Gasteiger partial charge < -0.3 is 0 Å². The molecule has 138 valence electrons. The van der Waals surface area contributed by atoms with E-state index in [0.717, 1.165) is 36.2 Å². The first-order valence-corrected chi connectivity index (χ1v) is 10.0. The lowest BCUT2D eigenvalue weighted by atomic mass is 9.68. The Morgan fingerprint density at radius 2 is 1.64 bits per heavy atom. The molecule has 0 amide bonds. The van der Waals surface area contributed by atoms with Gasteiger partial charge in [-0.3, -0.25) is 10.1 Å². The van der Waals surface area contributed by atoms with Crippen molar-refractivity contribution in [2.24, 2.45) is 17.8 Å². The molecule has 1 aromatic rings. The van der Waals surface area contributed by atoms with E-state index in [0.29, 0.717) is 5.92 Å². The topological polar surface area (TPSA) is 43.1 Å². The summed E-state index contributed by atoms with van der Waals surface area (Å²) in [5.41, 5.74) is 0.523. The Balaban J connectivity index is 1.52. The van der Waals surface area contributed by atoms with Gasteiger partial charge in [-0.15, -0.1) is 0 Å². The van der Waals surface area contributed by atoms with Gasteiger partial charge in [0.1, 0.15) is 0 Å². The number of hydrogen-bond donors (Lipinski definition) is 0. The fourth-order valence-electron chi connectivity index (χ4n) is 5.21. The minimum absolute atomic E-state index is 0.364. The van der Waals surface area contributed by atoms with E-state index < -0.39 is 16.4 Å². The van der Waals surface area contributed by atoms with Gasteiger partial charge in [0.2, 0.25) is 5.82 Å². The summed E-state index contributed by atoms with van der Waals surface area (Å²) in [6.45, 7) is 2.29. The van der Waals surface area contributed by atoms with E-state index in [1.54, 1.807) is 6.07 Å². The third-order valence-corrected chi connectivity index (χ3v) is 6.67. The molecule has 0 unspecified atom stereocenters. The highest BCUT2D eigenvalue weighted by molar-refractivity contribution is 5.36. The average molecular weight is 347 g/mol. The van der Waals surface area contributed by atoms with Crippen molar-refractivity contribution in [3.63, 3.8) is 0 Å². The van der Waals surface area contributed by atoms with E-state index in [1.807, 2.05) is 0 Å². The number of halogens is 1. The minimum atomic E-state index is -0.695. The number of hydrogen-bond acceptors (Lipinski definition) is 2. The van der Waals surface area contributed by atoms with Crippen molar-refractivity contribution in [1.82, 2.24) is 0 Å². The second kappa shape index (κ2) is 8.29. The molecule has 0 saturated heterocycles. The van der Waals surface area contributed by atoms with Crippen LogP contribution in [0.2, 0.25) is 0 Å². The predicted octanol–water partition coefficient (Wildman–Crippen LogP) is 6.61. The number of nitrogens with zero attached hydrogens (tertiary/aromatic N) is 1. The standard InChI is InChI=1S/C21H30FNO2/c1-2-3-15-4-6-16(7-5-15)17-8-10-18(11-9-17)19-12-13-21(23(24)25)20(22)14-19/h12-18H,2-11H2,1H3. The van der Waals surface area contributed by atoms with Gasteiger partial charge in [0.15, 0.2) is 0 Å². The van der Waals surface area contributed by atoms with Crippen molar-refractivity contribution in [2.75, 3.05) is 0 Å². The lowest BCUT2D eigenvalue weighted by Gasteiger charge is -2.38. The van der Waals surface area contributed by atoms with Crippen LogP contribution in [0.5, 0.6) is 0 Å². The normalized spacial score (nSPS) is 30.2. The van der Waals surface area contributed by atoms with Crippen LogP contribution >= 0.6 is 0 Å². The van der Waals surface area contributed by atoms with E-state index in [9.17, 15) is 14.5 Å². The maximum Gasteiger partial charge on any atom is 0.304 e. The van der Waals surface area contributed by atoms with Crippen LogP contribution in [-0.2, 0) is 0 Å². The fraction of sp³-hybridized carbons (Fsp3) is 0.714. The van der Waals surface area contributed by atoms with Crippen LogP contribution in [0.3, 0.4) is 0 Å². The number of benzene rings is 1. The summed E-state index contributed by atoms with van der Waals surface area (Å²) in [5, 5.41) is 10.8. The molecule has 0 N–H and O–H groups in total. The molecule has 0 spiro atoms. The first-order valence-electron chi connectivity index (χ1n) is 10.0. The van der Waals surface area contributed by atoms with Gasteiger partial charge in [0, 0.05) is 6.07 Å². The summed E-state index contributed by atoms with van der Waals surface area (Å²) in [4.78, 5) is 10.1. The molecule has 3 rings (SSSR count). The van der Waals surface area contributed by atoms with Gasteiger partial charge in [-0.05, 0) is 73.8 Å². The van der Waals surface area contributed by atoms with Crippen molar-refractivity contribution < 1.29 is 9.31 Å². The monoisotopic (exact) mass is 347 g/mol. The second-order valence-corrected chi connectivity index (χ2v) is 8.15. The Hall–Kier alpha value is -1.45.